The maximum atomic E-state index is 5.79. The maximum absolute atomic E-state index is 5.79. The van der Waals surface area contributed by atoms with E-state index in [0.717, 1.165) is 29.2 Å². The van der Waals surface area contributed by atoms with Crippen LogP contribution in [-0.2, 0) is 6.42 Å². The molecule has 0 fully saturated rings. The minimum Gasteiger partial charge on any atom is -0.497 e. The first-order valence-corrected chi connectivity index (χ1v) is 7.01. The molecule has 0 bridgehead atoms. The molecule has 0 amide bonds. The Morgan fingerprint density at radius 3 is 2.38 bits per heavy atom. The third-order valence-electron chi connectivity index (χ3n) is 3.04. The molecule has 0 aliphatic rings. The second-order valence-electron chi connectivity index (χ2n) is 4.52. The Labute approximate surface area is 125 Å². The minimum absolute atomic E-state index is 0.472. The SMILES string of the molecule is COc1ccc(CCN)c(OCCOc2ccccc2)c1. The van der Waals surface area contributed by atoms with E-state index >= 15 is 0 Å². The summed E-state index contributed by atoms with van der Waals surface area (Å²) in [6, 6.07) is 15.5. The lowest BCUT2D eigenvalue weighted by atomic mass is 10.1. The molecule has 0 heterocycles. The quantitative estimate of drug-likeness (QED) is 0.758. The van der Waals surface area contributed by atoms with Crippen molar-refractivity contribution in [3.05, 3.63) is 54.1 Å². The number of benzene rings is 2. The molecule has 2 rings (SSSR count). The van der Waals surface area contributed by atoms with E-state index in [1.807, 2.05) is 48.5 Å². The van der Waals surface area contributed by atoms with Crippen molar-refractivity contribution in [1.29, 1.82) is 0 Å². The molecule has 0 radical (unpaired) electrons. The summed E-state index contributed by atoms with van der Waals surface area (Å²) >= 11 is 0. The first kappa shape index (κ1) is 15.2. The molecule has 0 spiro atoms. The summed E-state index contributed by atoms with van der Waals surface area (Å²) in [6.45, 7) is 1.55. The second-order valence-corrected chi connectivity index (χ2v) is 4.52. The highest BCUT2D eigenvalue weighted by atomic mass is 16.5. The number of nitrogens with two attached hydrogens (primary N) is 1. The Hall–Kier alpha value is -2.20. The summed E-state index contributed by atoms with van der Waals surface area (Å²) in [5.41, 5.74) is 6.70. The lowest BCUT2D eigenvalue weighted by Crippen LogP contribution is -2.11. The Kier molecular flexibility index (Phi) is 5.91. The summed E-state index contributed by atoms with van der Waals surface area (Å²) in [4.78, 5) is 0. The summed E-state index contributed by atoms with van der Waals surface area (Å²) < 4.78 is 16.6. The highest BCUT2D eigenvalue weighted by molar-refractivity contribution is 5.41. The number of methoxy groups -OCH3 is 1. The van der Waals surface area contributed by atoms with Gasteiger partial charge >= 0.3 is 0 Å². The summed E-state index contributed by atoms with van der Waals surface area (Å²) in [5, 5.41) is 0. The number of rotatable bonds is 8. The van der Waals surface area contributed by atoms with Crippen molar-refractivity contribution >= 4 is 0 Å². The molecule has 21 heavy (non-hydrogen) atoms. The molecular formula is C17H21NO3. The lowest BCUT2D eigenvalue weighted by molar-refractivity contribution is 0.215. The van der Waals surface area contributed by atoms with Gasteiger partial charge in [-0.3, -0.25) is 0 Å². The molecule has 2 aromatic rings. The molecule has 2 aromatic carbocycles. The van der Waals surface area contributed by atoms with Crippen LogP contribution in [0, 0.1) is 0 Å². The highest BCUT2D eigenvalue weighted by Gasteiger charge is 2.05. The standard InChI is InChI=1S/C17H21NO3/c1-19-16-8-7-14(9-10-18)17(13-16)21-12-11-20-15-5-3-2-4-6-15/h2-8,13H,9-12,18H2,1H3. The molecule has 4 heteroatoms. The molecule has 0 unspecified atom stereocenters. The Morgan fingerprint density at radius 2 is 1.67 bits per heavy atom. The largest absolute Gasteiger partial charge is 0.497 e. The smallest absolute Gasteiger partial charge is 0.126 e. The van der Waals surface area contributed by atoms with Gasteiger partial charge in [-0.15, -0.1) is 0 Å². The zero-order chi connectivity index (χ0) is 14.9. The fraction of sp³-hybridized carbons (Fsp3) is 0.294. The van der Waals surface area contributed by atoms with Crippen LogP contribution in [0.25, 0.3) is 0 Å². The van der Waals surface area contributed by atoms with Gasteiger partial charge in [0.05, 0.1) is 7.11 Å². The van der Waals surface area contributed by atoms with Crippen LogP contribution in [0.1, 0.15) is 5.56 Å². The van der Waals surface area contributed by atoms with Gasteiger partial charge in [0.15, 0.2) is 0 Å². The van der Waals surface area contributed by atoms with Crippen LogP contribution in [0.15, 0.2) is 48.5 Å². The van der Waals surface area contributed by atoms with Crippen LogP contribution < -0.4 is 19.9 Å². The van der Waals surface area contributed by atoms with Crippen molar-refractivity contribution in [3.63, 3.8) is 0 Å². The monoisotopic (exact) mass is 287 g/mol. The maximum Gasteiger partial charge on any atom is 0.126 e. The van der Waals surface area contributed by atoms with Crippen molar-refractivity contribution in [2.24, 2.45) is 5.73 Å². The van der Waals surface area contributed by atoms with Crippen LogP contribution >= 0.6 is 0 Å². The van der Waals surface area contributed by atoms with Crippen LogP contribution in [0.4, 0.5) is 0 Å². The average molecular weight is 287 g/mol. The van der Waals surface area contributed by atoms with Gasteiger partial charge in [-0.2, -0.15) is 0 Å². The van der Waals surface area contributed by atoms with E-state index in [-0.39, 0.29) is 0 Å². The molecule has 112 valence electrons. The van der Waals surface area contributed by atoms with Crippen LogP contribution in [0.5, 0.6) is 17.2 Å². The van der Waals surface area contributed by atoms with Crippen molar-refractivity contribution in [2.45, 2.75) is 6.42 Å². The molecule has 4 nitrogen and oxygen atoms in total. The van der Waals surface area contributed by atoms with Gasteiger partial charge in [0.1, 0.15) is 30.5 Å². The topological polar surface area (TPSA) is 53.7 Å². The molecule has 0 aliphatic heterocycles. The van der Waals surface area contributed by atoms with Gasteiger partial charge in [0.2, 0.25) is 0 Å². The molecule has 0 aliphatic carbocycles. The van der Waals surface area contributed by atoms with Gasteiger partial charge in [0, 0.05) is 6.07 Å². The van der Waals surface area contributed by atoms with Gasteiger partial charge in [-0.25, -0.2) is 0 Å². The second kappa shape index (κ2) is 8.17. The van der Waals surface area contributed by atoms with Crippen molar-refractivity contribution in [2.75, 3.05) is 26.9 Å². The van der Waals surface area contributed by atoms with E-state index in [4.69, 9.17) is 19.9 Å². The van der Waals surface area contributed by atoms with E-state index in [9.17, 15) is 0 Å². The van der Waals surface area contributed by atoms with Gasteiger partial charge < -0.3 is 19.9 Å². The van der Waals surface area contributed by atoms with Gasteiger partial charge in [0.25, 0.3) is 0 Å². The zero-order valence-corrected chi connectivity index (χ0v) is 12.2. The Bertz CT molecular complexity index is 543. The third kappa shape index (κ3) is 4.68. The normalized spacial score (nSPS) is 10.2. The number of ether oxygens (including phenoxy) is 3. The molecule has 0 saturated heterocycles. The molecule has 2 N–H and O–H groups in total. The predicted octanol–water partition coefficient (Wildman–Crippen LogP) is 2.65. The van der Waals surface area contributed by atoms with E-state index in [0.29, 0.717) is 19.8 Å². The van der Waals surface area contributed by atoms with E-state index < -0.39 is 0 Å². The molecular weight excluding hydrogens is 266 g/mol. The number of hydrogen-bond acceptors (Lipinski definition) is 4. The summed E-state index contributed by atoms with van der Waals surface area (Å²) in [7, 11) is 1.64. The number of para-hydroxylation sites is 1. The number of hydrogen-bond donors (Lipinski definition) is 1. The first-order chi connectivity index (χ1) is 10.3. The van der Waals surface area contributed by atoms with E-state index in [1.165, 1.54) is 0 Å². The first-order valence-electron chi connectivity index (χ1n) is 7.01. The van der Waals surface area contributed by atoms with Crippen LogP contribution in [0.3, 0.4) is 0 Å². The van der Waals surface area contributed by atoms with Crippen LogP contribution in [0.2, 0.25) is 0 Å². The van der Waals surface area contributed by atoms with Gasteiger partial charge in [-0.05, 0) is 36.7 Å². The lowest BCUT2D eigenvalue weighted by Gasteiger charge is -2.13. The Balaban J connectivity index is 1.89. The van der Waals surface area contributed by atoms with E-state index in [1.54, 1.807) is 7.11 Å². The predicted molar refractivity (Wildman–Crippen MR) is 83.2 cm³/mol. The fourth-order valence-electron chi connectivity index (χ4n) is 1.99. The molecule has 0 saturated carbocycles. The van der Waals surface area contributed by atoms with E-state index in [2.05, 4.69) is 0 Å². The summed E-state index contributed by atoms with van der Waals surface area (Å²) in [5.74, 6) is 2.42. The van der Waals surface area contributed by atoms with Gasteiger partial charge in [-0.1, -0.05) is 24.3 Å². The fourth-order valence-corrected chi connectivity index (χ4v) is 1.99. The van der Waals surface area contributed by atoms with Crippen molar-refractivity contribution in [1.82, 2.24) is 0 Å². The van der Waals surface area contributed by atoms with Crippen molar-refractivity contribution < 1.29 is 14.2 Å². The molecule has 0 aromatic heterocycles. The Morgan fingerprint density at radius 1 is 0.905 bits per heavy atom. The van der Waals surface area contributed by atoms with Crippen LogP contribution in [-0.4, -0.2) is 26.9 Å². The third-order valence-corrected chi connectivity index (χ3v) is 3.04. The average Bonchev–Trinajstić information content (AvgIpc) is 2.54. The van der Waals surface area contributed by atoms with Crippen molar-refractivity contribution in [3.8, 4) is 17.2 Å². The minimum atomic E-state index is 0.472. The summed E-state index contributed by atoms with van der Waals surface area (Å²) in [6.07, 6.45) is 0.777. The zero-order valence-electron chi connectivity index (χ0n) is 12.2. The highest BCUT2D eigenvalue weighted by Crippen LogP contribution is 2.25. The molecule has 0 atom stereocenters.